The first-order chi connectivity index (χ1) is 7.24. The van der Waals surface area contributed by atoms with Crippen LogP contribution < -0.4 is 4.74 Å². The molecule has 2 aromatic rings. The molecule has 15 heavy (non-hydrogen) atoms. The highest BCUT2D eigenvalue weighted by Crippen LogP contribution is 2.25. The number of hydrogen-bond acceptors (Lipinski definition) is 2. The van der Waals surface area contributed by atoms with Crippen molar-refractivity contribution in [3.05, 3.63) is 53.6 Å². The van der Waals surface area contributed by atoms with Crippen molar-refractivity contribution < 1.29 is 9.84 Å². The summed E-state index contributed by atoms with van der Waals surface area (Å²) in [5.41, 5.74) is 0. The Morgan fingerprint density at radius 2 is 1.67 bits per heavy atom. The molecule has 0 aliphatic rings. The molecular formula is C12H9ClO2. The summed E-state index contributed by atoms with van der Waals surface area (Å²) in [5, 5.41) is 9.72. The fourth-order valence-corrected chi connectivity index (χ4v) is 1.36. The van der Waals surface area contributed by atoms with Gasteiger partial charge in [-0.05, 0) is 42.5 Å². The van der Waals surface area contributed by atoms with Gasteiger partial charge >= 0.3 is 0 Å². The van der Waals surface area contributed by atoms with Gasteiger partial charge in [0.05, 0.1) is 0 Å². The van der Waals surface area contributed by atoms with Gasteiger partial charge in [0, 0.05) is 5.02 Å². The van der Waals surface area contributed by atoms with Crippen LogP contribution in [0.25, 0.3) is 0 Å². The van der Waals surface area contributed by atoms with Gasteiger partial charge in [-0.3, -0.25) is 0 Å². The highest BCUT2D eigenvalue weighted by molar-refractivity contribution is 6.30. The van der Waals surface area contributed by atoms with Gasteiger partial charge in [-0.1, -0.05) is 17.7 Å². The third kappa shape index (κ3) is 2.64. The second-order valence-corrected chi connectivity index (χ2v) is 3.49. The number of aromatic hydroxyl groups is 1. The molecule has 3 heteroatoms. The fraction of sp³-hybridized carbons (Fsp3) is 0. The normalized spacial score (nSPS) is 9.93. The van der Waals surface area contributed by atoms with Crippen LogP contribution in [0.2, 0.25) is 5.02 Å². The van der Waals surface area contributed by atoms with Crippen LogP contribution in [0, 0.1) is 0 Å². The predicted molar refractivity (Wildman–Crippen MR) is 59.6 cm³/mol. The van der Waals surface area contributed by atoms with Crippen LogP contribution in [-0.2, 0) is 0 Å². The molecule has 1 N–H and O–H groups in total. The summed E-state index contributed by atoms with van der Waals surface area (Å²) in [6, 6.07) is 13.7. The number of benzene rings is 2. The smallest absolute Gasteiger partial charge is 0.128 e. The largest absolute Gasteiger partial charge is 0.508 e. The van der Waals surface area contributed by atoms with E-state index in [0.717, 1.165) is 0 Å². The Hall–Kier alpha value is -1.67. The molecule has 2 rings (SSSR count). The van der Waals surface area contributed by atoms with Crippen molar-refractivity contribution in [1.82, 2.24) is 0 Å². The Morgan fingerprint density at radius 1 is 0.933 bits per heavy atom. The maximum absolute atomic E-state index is 9.09. The van der Waals surface area contributed by atoms with Gasteiger partial charge in [0.25, 0.3) is 0 Å². The topological polar surface area (TPSA) is 29.5 Å². The monoisotopic (exact) mass is 220 g/mol. The van der Waals surface area contributed by atoms with Crippen LogP contribution in [0.5, 0.6) is 17.2 Å². The molecule has 0 spiro atoms. The average molecular weight is 221 g/mol. The van der Waals surface area contributed by atoms with Crippen molar-refractivity contribution in [3.63, 3.8) is 0 Å². The number of ether oxygens (including phenoxy) is 1. The van der Waals surface area contributed by atoms with Crippen molar-refractivity contribution in [2.45, 2.75) is 0 Å². The lowest BCUT2D eigenvalue weighted by atomic mass is 10.3. The van der Waals surface area contributed by atoms with E-state index in [2.05, 4.69) is 0 Å². The summed E-state index contributed by atoms with van der Waals surface area (Å²) in [6.07, 6.45) is 0. The summed E-state index contributed by atoms with van der Waals surface area (Å²) < 4.78 is 5.52. The Balaban J connectivity index is 2.18. The Morgan fingerprint density at radius 3 is 2.33 bits per heavy atom. The summed E-state index contributed by atoms with van der Waals surface area (Å²) in [5.74, 6) is 1.55. The molecular weight excluding hydrogens is 212 g/mol. The molecule has 0 aliphatic carbocycles. The van der Waals surface area contributed by atoms with E-state index in [0.29, 0.717) is 16.5 Å². The zero-order chi connectivity index (χ0) is 10.7. The molecule has 76 valence electrons. The summed E-state index contributed by atoms with van der Waals surface area (Å²) >= 11 is 5.82. The van der Waals surface area contributed by atoms with Crippen molar-refractivity contribution in [2.75, 3.05) is 0 Å². The first-order valence-electron chi connectivity index (χ1n) is 4.46. The zero-order valence-electron chi connectivity index (χ0n) is 7.85. The first-order valence-corrected chi connectivity index (χ1v) is 4.84. The van der Waals surface area contributed by atoms with E-state index >= 15 is 0 Å². The Labute approximate surface area is 92.7 Å². The molecule has 0 atom stereocenters. The number of hydrogen-bond donors (Lipinski definition) is 1. The first kappa shape index (κ1) is 9.87. The van der Waals surface area contributed by atoms with Gasteiger partial charge in [-0.25, -0.2) is 0 Å². The lowest BCUT2D eigenvalue weighted by Crippen LogP contribution is -1.82. The third-order valence-electron chi connectivity index (χ3n) is 1.87. The van der Waals surface area contributed by atoms with Crippen LogP contribution in [0.4, 0.5) is 0 Å². The van der Waals surface area contributed by atoms with E-state index in [1.807, 2.05) is 12.1 Å². The zero-order valence-corrected chi connectivity index (χ0v) is 8.61. The second kappa shape index (κ2) is 4.24. The van der Waals surface area contributed by atoms with Gasteiger partial charge < -0.3 is 9.84 Å². The number of halogens is 1. The summed E-state index contributed by atoms with van der Waals surface area (Å²) in [7, 11) is 0. The van der Waals surface area contributed by atoms with Crippen LogP contribution in [0.15, 0.2) is 48.5 Å². The molecule has 0 heterocycles. The van der Waals surface area contributed by atoms with Crippen LogP contribution >= 0.6 is 11.6 Å². The lowest BCUT2D eigenvalue weighted by Gasteiger charge is -2.05. The van der Waals surface area contributed by atoms with Gasteiger partial charge in [-0.2, -0.15) is 0 Å². The van der Waals surface area contributed by atoms with Crippen LogP contribution in [0.1, 0.15) is 0 Å². The number of phenolic OH excluding ortho intramolecular Hbond substituents is 1. The van der Waals surface area contributed by atoms with E-state index in [9.17, 15) is 0 Å². The average Bonchev–Trinajstić information content (AvgIpc) is 2.22. The summed E-state index contributed by atoms with van der Waals surface area (Å²) in [4.78, 5) is 0. The van der Waals surface area contributed by atoms with E-state index < -0.39 is 0 Å². The van der Waals surface area contributed by atoms with Gasteiger partial charge in [-0.15, -0.1) is 0 Å². The van der Waals surface area contributed by atoms with Crippen LogP contribution in [-0.4, -0.2) is 5.11 Å². The summed E-state index contributed by atoms with van der Waals surface area (Å²) in [6.45, 7) is 0. The van der Waals surface area contributed by atoms with Crippen LogP contribution in [0.3, 0.4) is 0 Å². The number of phenols is 1. The Bertz CT molecular complexity index is 451. The molecule has 2 nitrogen and oxygen atoms in total. The highest BCUT2D eigenvalue weighted by atomic mass is 35.5. The Kier molecular flexibility index (Phi) is 2.79. The van der Waals surface area contributed by atoms with Crippen molar-refractivity contribution in [2.24, 2.45) is 0 Å². The van der Waals surface area contributed by atoms with Crippen molar-refractivity contribution >= 4 is 11.6 Å². The highest BCUT2D eigenvalue weighted by Gasteiger charge is 1.97. The van der Waals surface area contributed by atoms with Gasteiger partial charge in [0.15, 0.2) is 0 Å². The molecule has 0 aliphatic heterocycles. The maximum atomic E-state index is 9.09. The van der Waals surface area contributed by atoms with E-state index in [-0.39, 0.29) is 5.75 Å². The molecule has 0 saturated carbocycles. The molecule has 0 unspecified atom stereocenters. The number of rotatable bonds is 2. The third-order valence-corrected chi connectivity index (χ3v) is 2.10. The molecule has 0 bridgehead atoms. The molecule has 0 saturated heterocycles. The minimum atomic E-state index is 0.216. The SMILES string of the molecule is Oc1ccc(Oc2cccc(Cl)c2)cc1. The minimum absolute atomic E-state index is 0.216. The molecule has 0 amide bonds. The van der Waals surface area contributed by atoms with E-state index in [1.54, 1.807) is 36.4 Å². The standard InChI is InChI=1S/C12H9ClO2/c13-9-2-1-3-12(8-9)15-11-6-4-10(14)5-7-11/h1-8,14H. The maximum Gasteiger partial charge on any atom is 0.128 e. The molecule has 2 aromatic carbocycles. The second-order valence-electron chi connectivity index (χ2n) is 3.05. The minimum Gasteiger partial charge on any atom is -0.508 e. The molecule has 0 radical (unpaired) electrons. The van der Waals surface area contributed by atoms with Crippen molar-refractivity contribution in [1.29, 1.82) is 0 Å². The van der Waals surface area contributed by atoms with Gasteiger partial charge in [0.2, 0.25) is 0 Å². The predicted octanol–water partition coefficient (Wildman–Crippen LogP) is 3.84. The quantitative estimate of drug-likeness (QED) is 0.833. The van der Waals surface area contributed by atoms with Gasteiger partial charge in [0.1, 0.15) is 17.2 Å². The van der Waals surface area contributed by atoms with Crippen molar-refractivity contribution in [3.8, 4) is 17.2 Å². The molecule has 0 fully saturated rings. The lowest BCUT2D eigenvalue weighted by molar-refractivity contribution is 0.464. The molecule has 0 aromatic heterocycles. The van der Waals surface area contributed by atoms with E-state index in [1.165, 1.54) is 0 Å². The van der Waals surface area contributed by atoms with E-state index in [4.69, 9.17) is 21.4 Å². The fourth-order valence-electron chi connectivity index (χ4n) is 1.18.